The van der Waals surface area contributed by atoms with Crippen LogP contribution in [0, 0.1) is 11.3 Å². The molecule has 0 fully saturated rings. The number of unbranched alkanes of at least 4 members (excludes halogenated alkanes) is 2. The van der Waals surface area contributed by atoms with Crippen molar-refractivity contribution in [2.24, 2.45) is 0 Å². The highest BCUT2D eigenvalue weighted by Crippen LogP contribution is 2.09. The molecule has 30 heavy (non-hydrogen) atoms. The Labute approximate surface area is 178 Å². The Morgan fingerprint density at radius 3 is 2.47 bits per heavy atom. The third-order valence-corrected chi connectivity index (χ3v) is 4.48. The average molecular weight is 408 g/mol. The summed E-state index contributed by atoms with van der Waals surface area (Å²) in [5.41, 5.74) is 2.55. The monoisotopic (exact) mass is 407 g/mol. The Balaban J connectivity index is 1.75. The fourth-order valence-electron chi connectivity index (χ4n) is 2.84. The molecular weight excluding hydrogens is 378 g/mol. The lowest BCUT2D eigenvalue weighted by Crippen LogP contribution is -2.28. The van der Waals surface area contributed by atoms with Crippen molar-refractivity contribution in [2.75, 3.05) is 32.5 Å². The van der Waals surface area contributed by atoms with Crippen LogP contribution in [0.15, 0.2) is 48.5 Å². The van der Waals surface area contributed by atoms with Crippen LogP contribution in [0.2, 0.25) is 0 Å². The van der Waals surface area contributed by atoms with E-state index in [4.69, 9.17) is 5.26 Å². The third kappa shape index (κ3) is 8.33. The van der Waals surface area contributed by atoms with E-state index in [1.807, 2.05) is 18.2 Å². The fourth-order valence-corrected chi connectivity index (χ4v) is 2.84. The summed E-state index contributed by atoms with van der Waals surface area (Å²) in [6.45, 7) is 2.01. The van der Waals surface area contributed by atoms with Gasteiger partial charge >= 0.3 is 6.03 Å². The van der Waals surface area contributed by atoms with Gasteiger partial charge in [-0.2, -0.15) is 5.26 Å². The van der Waals surface area contributed by atoms with Crippen LogP contribution >= 0.6 is 0 Å². The van der Waals surface area contributed by atoms with Crippen LogP contribution in [-0.4, -0.2) is 44.0 Å². The molecule has 0 atom stereocenters. The Kier molecular flexibility index (Phi) is 9.35. The Hall–Kier alpha value is -3.37. The van der Waals surface area contributed by atoms with Crippen LogP contribution in [0.4, 0.5) is 10.5 Å². The molecule has 2 aromatic rings. The summed E-state index contributed by atoms with van der Waals surface area (Å²) in [4.78, 5) is 26.5. The highest BCUT2D eigenvalue weighted by atomic mass is 16.2. The van der Waals surface area contributed by atoms with Gasteiger partial charge in [-0.15, -0.1) is 0 Å². The molecule has 0 aliphatic rings. The van der Waals surface area contributed by atoms with Crippen molar-refractivity contribution in [1.82, 2.24) is 15.5 Å². The smallest absolute Gasteiger partial charge is 0.319 e. The molecule has 2 aromatic carbocycles. The van der Waals surface area contributed by atoms with Crippen LogP contribution in [-0.2, 0) is 6.54 Å². The number of amides is 3. The molecular formula is C23H29N5O2. The Morgan fingerprint density at radius 2 is 1.77 bits per heavy atom. The molecule has 0 aliphatic carbocycles. The lowest BCUT2D eigenvalue weighted by Gasteiger charge is -2.10. The van der Waals surface area contributed by atoms with E-state index >= 15 is 0 Å². The van der Waals surface area contributed by atoms with Crippen LogP contribution in [0.3, 0.4) is 0 Å². The van der Waals surface area contributed by atoms with Crippen LogP contribution < -0.4 is 16.0 Å². The summed E-state index contributed by atoms with van der Waals surface area (Å²) in [6.07, 6.45) is 3.15. The van der Waals surface area contributed by atoms with E-state index in [9.17, 15) is 9.59 Å². The highest BCUT2D eigenvalue weighted by Gasteiger charge is 2.07. The zero-order chi connectivity index (χ0) is 21.8. The number of carbonyl (C=O) groups is 2. The number of hydrogen-bond acceptors (Lipinski definition) is 4. The molecule has 0 spiro atoms. The van der Waals surface area contributed by atoms with Gasteiger partial charge < -0.3 is 20.9 Å². The Morgan fingerprint density at radius 1 is 1.00 bits per heavy atom. The first kappa shape index (κ1) is 22.9. The lowest BCUT2D eigenvalue weighted by atomic mass is 10.1. The molecule has 7 heteroatoms. The number of nitrogens with zero attached hydrogens (tertiary/aromatic N) is 2. The van der Waals surface area contributed by atoms with Crippen LogP contribution in [0.25, 0.3) is 0 Å². The molecule has 2 rings (SSSR count). The van der Waals surface area contributed by atoms with Gasteiger partial charge in [-0.05, 0) is 75.4 Å². The van der Waals surface area contributed by atoms with Crippen molar-refractivity contribution in [2.45, 2.75) is 25.8 Å². The van der Waals surface area contributed by atoms with Crippen molar-refractivity contribution in [3.05, 3.63) is 65.2 Å². The van der Waals surface area contributed by atoms with E-state index in [-0.39, 0.29) is 11.9 Å². The van der Waals surface area contributed by atoms with Crippen molar-refractivity contribution in [3.63, 3.8) is 0 Å². The first-order chi connectivity index (χ1) is 14.5. The molecule has 158 valence electrons. The van der Waals surface area contributed by atoms with Crippen molar-refractivity contribution < 1.29 is 9.59 Å². The maximum Gasteiger partial charge on any atom is 0.319 e. The molecule has 0 heterocycles. The average Bonchev–Trinajstić information content (AvgIpc) is 2.75. The van der Waals surface area contributed by atoms with Gasteiger partial charge in [0.15, 0.2) is 0 Å². The number of hydrogen-bond donors (Lipinski definition) is 3. The quantitative estimate of drug-likeness (QED) is 0.526. The molecule has 7 nitrogen and oxygen atoms in total. The highest BCUT2D eigenvalue weighted by molar-refractivity contribution is 5.94. The van der Waals surface area contributed by atoms with Gasteiger partial charge in [0.25, 0.3) is 5.91 Å². The van der Waals surface area contributed by atoms with Gasteiger partial charge in [-0.1, -0.05) is 18.6 Å². The summed E-state index contributed by atoms with van der Waals surface area (Å²) in [5, 5.41) is 17.2. The lowest BCUT2D eigenvalue weighted by molar-refractivity contribution is 0.0952. The standard InChI is InChI=1S/C23H29N5O2/c1-28(2)14-5-3-4-13-25-22(29)20-8-6-7-19(15-20)17-26-23(30)27-21-11-9-18(16-24)10-12-21/h6-12,15H,3-5,13-14,17H2,1-2H3,(H,25,29)(H2,26,27,30). The topological polar surface area (TPSA) is 97.3 Å². The van der Waals surface area contributed by atoms with Crippen molar-refractivity contribution in [1.29, 1.82) is 5.26 Å². The minimum atomic E-state index is -0.354. The second-order valence-electron chi connectivity index (χ2n) is 7.32. The summed E-state index contributed by atoms with van der Waals surface area (Å²) in [5.74, 6) is -0.105. The van der Waals surface area contributed by atoms with Crippen LogP contribution in [0.1, 0.15) is 40.7 Å². The van der Waals surface area contributed by atoms with Gasteiger partial charge in [0.2, 0.25) is 0 Å². The Bertz CT molecular complexity index is 872. The maximum atomic E-state index is 12.3. The van der Waals surface area contributed by atoms with E-state index in [1.54, 1.807) is 36.4 Å². The van der Waals surface area contributed by atoms with Gasteiger partial charge in [0, 0.05) is 24.3 Å². The molecule has 3 N–H and O–H groups in total. The second kappa shape index (κ2) is 12.2. The van der Waals surface area contributed by atoms with E-state index in [2.05, 4.69) is 34.9 Å². The number of rotatable bonds is 10. The van der Waals surface area contributed by atoms with E-state index in [1.165, 1.54) is 0 Å². The predicted octanol–water partition coefficient (Wildman–Crippen LogP) is 3.34. The number of nitriles is 1. The summed E-state index contributed by atoms with van der Waals surface area (Å²) in [6, 6.07) is 15.5. The van der Waals surface area contributed by atoms with Crippen molar-refractivity contribution >= 4 is 17.6 Å². The molecule has 0 saturated carbocycles. The normalized spacial score (nSPS) is 10.3. The largest absolute Gasteiger partial charge is 0.352 e. The summed E-state index contributed by atoms with van der Waals surface area (Å²) < 4.78 is 0. The molecule has 0 aliphatic heterocycles. The molecule has 0 unspecified atom stereocenters. The van der Waals surface area contributed by atoms with E-state index in [0.29, 0.717) is 29.9 Å². The minimum absolute atomic E-state index is 0.105. The van der Waals surface area contributed by atoms with Crippen molar-refractivity contribution in [3.8, 4) is 6.07 Å². The molecule has 0 bridgehead atoms. The zero-order valence-corrected chi connectivity index (χ0v) is 17.6. The summed E-state index contributed by atoms with van der Waals surface area (Å²) in [7, 11) is 4.11. The van der Waals surface area contributed by atoms with Gasteiger partial charge in [0.05, 0.1) is 11.6 Å². The van der Waals surface area contributed by atoms with E-state index in [0.717, 1.165) is 31.4 Å². The van der Waals surface area contributed by atoms with Crippen LogP contribution in [0.5, 0.6) is 0 Å². The fraction of sp³-hybridized carbons (Fsp3) is 0.348. The van der Waals surface area contributed by atoms with Gasteiger partial charge in [-0.3, -0.25) is 4.79 Å². The number of nitrogens with one attached hydrogen (secondary N) is 3. The number of anilines is 1. The first-order valence-corrected chi connectivity index (χ1v) is 10.0. The first-order valence-electron chi connectivity index (χ1n) is 10.0. The molecule has 0 aromatic heterocycles. The van der Waals surface area contributed by atoms with E-state index < -0.39 is 0 Å². The second-order valence-corrected chi connectivity index (χ2v) is 7.32. The number of benzene rings is 2. The minimum Gasteiger partial charge on any atom is -0.352 e. The maximum absolute atomic E-state index is 12.3. The number of urea groups is 1. The predicted molar refractivity (Wildman–Crippen MR) is 118 cm³/mol. The van der Waals surface area contributed by atoms with Gasteiger partial charge in [-0.25, -0.2) is 4.79 Å². The zero-order valence-electron chi connectivity index (χ0n) is 17.6. The van der Waals surface area contributed by atoms with Gasteiger partial charge in [0.1, 0.15) is 0 Å². The summed E-state index contributed by atoms with van der Waals surface area (Å²) >= 11 is 0. The molecule has 0 radical (unpaired) electrons. The SMILES string of the molecule is CN(C)CCCCCNC(=O)c1cccc(CNC(=O)Nc2ccc(C#N)cc2)c1. The third-order valence-electron chi connectivity index (χ3n) is 4.48. The molecule has 0 saturated heterocycles. The molecule has 3 amide bonds. The number of carbonyl (C=O) groups excluding carboxylic acids is 2.